The zero-order valence-electron chi connectivity index (χ0n) is 36.4. The zero-order valence-corrected chi connectivity index (χ0v) is 39.6. The van der Waals surface area contributed by atoms with Gasteiger partial charge >= 0.3 is 20.0 Å². The maximum Gasteiger partial charge on any atom is 0.492 e. The minimum Gasteiger partial charge on any atom is -0.423 e. The predicted octanol–water partition coefficient (Wildman–Crippen LogP) is 4.32. The lowest BCUT2D eigenvalue weighted by molar-refractivity contribution is 0.0945. The summed E-state index contributed by atoms with van der Waals surface area (Å²) in [5.74, 6) is -2.35. The number of fused-ring (bicyclic) bond motifs is 2. The molecule has 0 atom stereocenters. The van der Waals surface area contributed by atoms with Crippen LogP contribution in [0.25, 0.3) is 17.2 Å². The van der Waals surface area contributed by atoms with Crippen LogP contribution in [0.4, 0.5) is 14.5 Å². The molecule has 3 aromatic heterocycles. The molecule has 9 rings (SSSR count). The Hall–Kier alpha value is -6.74. The Labute approximate surface area is 426 Å². The van der Waals surface area contributed by atoms with E-state index in [1.165, 1.54) is 36.4 Å². The van der Waals surface area contributed by atoms with Gasteiger partial charge in [0.1, 0.15) is 23.0 Å². The largest absolute Gasteiger partial charge is 0.492 e. The van der Waals surface area contributed by atoms with Gasteiger partial charge < -0.3 is 30.0 Å². The van der Waals surface area contributed by atoms with Crippen molar-refractivity contribution in [1.29, 1.82) is 0 Å². The Kier molecular flexibility index (Phi) is 19.0. The summed E-state index contributed by atoms with van der Waals surface area (Å²) in [6.07, 6.45) is 2.91. The van der Waals surface area contributed by atoms with Gasteiger partial charge in [0, 0.05) is 37.4 Å². The Balaban J connectivity index is 0.000000229. The number of halogens is 4. The van der Waals surface area contributed by atoms with Crippen LogP contribution < -0.4 is 32.8 Å². The molecule has 0 saturated carbocycles. The molecule has 72 heavy (non-hydrogen) atoms. The third kappa shape index (κ3) is 12.5. The molecular weight excluding hydrogens is 1080 g/mol. The van der Waals surface area contributed by atoms with E-state index in [4.69, 9.17) is 23.1 Å². The number of rotatable bonds is 14. The van der Waals surface area contributed by atoms with Gasteiger partial charge in [-0.2, -0.15) is 0 Å². The van der Waals surface area contributed by atoms with Crippen molar-refractivity contribution in [3.63, 3.8) is 0 Å². The summed E-state index contributed by atoms with van der Waals surface area (Å²) in [7, 11) is -2.26. The molecular formula is C45H46B2Br2F2N10O11. The van der Waals surface area contributed by atoms with E-state index >= 15 is 0 Å². The van der Waals surface area contributed by atoms with Crippen molar-refractivity contribution in [2.45, 2.75) is 53.4 Å². The van der Waals surface area contributed by atoms with Crippen molar-refractivity contribution in [3.05, 3.63) is 143 Å². The Morgan fingerprint density at radius 1 is 0.736 bits per heavy atom. The maximum absolute atomic E-state index is 13.7. The quantitative estimate of drug-likeness (QED) is 0.0291. The maximum atomic E-state index is 13.7. The molecule has 0 unspecified atom stereocenters. The lowest BCUT2D eigenvalue weighted by Crippen LogP contribution is -2.46. The van der Waals surface area contributed by atoms with Crippen LogP contribution in [0.3, 0.4) is 0 Å². The highest BCUT2D eigenvalue weighted by Crippen LogP contribution is 2.26. The number of aryl methyl sites for hydroxylation is 2. The molecule has 0 fully saturated rings. The van der Waals surface area contributed by atoms with Crippen LogP contribution >= 0.6 is 31.9 Å². The molecule has 0 bridgehead atoms. The van der Waals surface area contributed by atoms with Gasteiger partial charge in [-0.05, 0) is 151 Å². The molecule has 2 aliphatic rings. The normalized spacial score (nSPS) is 12.9. The molecule has 27 heteroatoms. The standard InChI is InChI=1S/C22H18BBrFN5O6.C21H20BBrFN5O5.2CH4/c24-15-11-13(6-7-16(15)25)30-20(29-35-22(30)32)19-17(27-36-28-19)5-2-9-26-21(31)14-4-1-3-12-8-10-34-23(33)18(12)14;23-15-11-13(6-7-16(15)24)26-20(27-32)19-17(28-34-29-19)5-2-9-25-21(30)14-4-1-3-12-8-10-33-22(31)18(12)14;;/h1,3-4,6-7,11,33H,2,5,8-10H2,(H,26,31);1,3-4,6-7,11,31-32H,2,5,8-10H2,(H,25,30)(H,26,27);2*1H4. The highest BCUT2D eigenvalue weighted by atomic mass is 79.9. The van der Waals surface area contributed by atoms with Crippen LogP contribution in [0.15, 0.2) is 105 Å². The number of hydrogen-bond acceptors (Lipinski definition) is 17. The van der Waals surface area contributed by atoms with Crippen molar-refractivity contribution in [1.82, 2.24) is 46.5 Å². The van der Waals surface area contributed by atoms with Crippen molar-refractivity contribution >= 4 is 80.4 Å². The van der Waals surface area contributed by atoms with E-state index in [0.717, 1.165) is 15.7 Å². The molecule has 5 heterocycles. The number of amidine groups is 1. The van der Waals surface area contributed by atoms with E-state index in [1.807, 2.05) is 17.6 Å². The molecule has 21 nitrogen and oxygen atoms in total. The molecule has 2 aliphatic heterocycles. The van der Waals surface area contributed by atoms with Crippen LogP contribution in [-0.2, 0) is 35.0 Å². The lowest BCUT2D eigenvalue weighted by atomic mass is 9.70. The average molecular weight is 1120 g/mol. The molecule has 0 aliphatic carbocycles. The monoisotopic (exact) mass is 1120 g/mol. The third-order valence-electron chi connectivity index (χ3n) is 11.0. The predicted molar refractivity (Wildman–Crippen MR) is 265 cm³/mol. The summed E-state index contributed by atoms with van der Waals surface area (Å²) < 4.78 is 53.6. The van der Waals surface area contributed by atoms with Crippen LogP contribution in [0.1, 0.15) is 76.6 Å². The highest BCUT2D eigenvalue weighted by Gasteiger charge is 2.31. The fourth-order valence-corrected chi connectivity index (χ4v) is 8.37. The molecule has 0 saturated heterocycles. The van der Waals surface area contributed by atoms with Gasteiger partial charge in [-0.15, -0.1) is 0 Å². The Bertz CT molecular complexity index is 3120. The summed E-state index contributed by atoms with van der Waals surface area (Å²) in [4.78, 5) is 42.0. The van der Waals surface area contributed by atoms with E-state index in [-0.39, 0.29) is 58.7 Å². The summed E-state index contributed by atoms with van der Waals surface area (Å²) in [5.41, 5.74) is 7.31. The second-order valence-electron chi connectivity index (χ2n) is 15.4. The third-order valence-corrected chi connectivity index (χ3v) is 12.2. The van der Waals surface area contributed by atoms with E-state index in [0.29, 0.717) is 110 Å². The van der Waals surface area contributed by atoms with Crippen LogP contribution in [0.5, 0.6) is 0 Å². The summed E-state index contributed by atoms with van der Waals surface area (Å²) >= 11 is 6.18. The number of benzene rings is 4. The fraction of sp³-hybridized carbons (Fsp3) is 0.267. The van der Waals surface area contributed by atoms with Gasteiger partial charge in [-0.25, -0.2) is 32.4 Å². The van der Waals surface area contributed by atoms with Gasteiger partial charge in [0.2, 0.25) is 5.82 Å². The van der Waals surface area contributed by atoms with Gasteiger partial charge in [0.25, 0.3) is 11.8 Å². The number of aromatic nitrogens is 6. The SMILES string of the molecule is C.C.O=C(NCCCc1nonc1-c1noc(=O)n1-c1ccc(F)c(Br)c1)c1cccc2c1B(O)OCC2.O=C(NCCCc1nonc1C(=Nc1ccc(F)c(Br)c1)NO)c1cccc2c1B(O)OCC2. The second-order valence-corrected chi connectivity index (χ2v) is 17.1. The molecule has 2 amide bonds. The van der Waals surface area contributed by atoms with Crippen LogP contribution in [-0.4, -0.2) is 104 Å². The minimum atomic E-state index is -1.14. The average Bonchev–Trinajstić information content (AvgIpc) is 4.13. The molecule has 0 spiro atoms. The number of carbonyl (C=O) groups is 2. The Morgan fingerprint density at radius 3 is 1.88 bits per heavy atom. The molecule has 7 aromatic rings. The van der Waals surface area contributed by atoms with E-state index in [1.54, 1.807) is 24.3 Å². The van der Waals surface area contributed by atoms with Crippen molar-refractivity contribution in [3.8, 4) is 17.2 Å². The molecule has 6 N–H and O–H groups in total. The number of aliphatic imine (C=N–C) groups is 1. The van der Waals surface area contributed by atoms with Crippen LogP contribution in [0.2, 0.25) is 0 Å². The topological polar surface area (TPSA) is 288 Å². The zero-order chi connectivity index (χ0) is 49.3. The first kappa shape index (κ1) is 54.6. The molecule has 0 radical (unpaired) electrons. The van der Waals surface area contributed by atoms with Crippen molar-refractivity contribution < 1.29 is 56.7 Å². The summed E-state index contributed by atoms with van der Waals surface area (Å²) in [5, 5.41) is 54.7. The first-order valence-electron chi connectivity index (χ1n) is 21.4. The smallest absolute Gasteiger partial charge is 0.423 e. The number of nitrogens with one attached hydrogen (secondary N) is 3. The van der Waals surface area contributed by atoms with Gasteiger partial charge in [0.15, 0.2) is 17.2 Å². The lowest BCUT2D eigenvalue weighted by Gasteiger charge is -2.21. The Morgan fingerprint density at radius 2 is 1.29 bits per heavy atom. The molecule has 4 aromatic carbocycles. The minimum absolute atomic E-state index is 0. The van der Waals surface area contributed by atoms with Crippen molar-refractivity contribution in [2.75, 3.05) is 26.3 Å². The first-order valence-corrected chi connectivity index (χ1v) is 23.0. The molecule has 376 valence electrons. The fourth-order valence-electron chi connectivity index (χ4n) is 7.63. The highest BCUT2D eigenvalue weighted by molar-refractivity contribution is 9.10. The van der Waals surface area contributed by atoms with E-state index < -0.39 is 31.6 Å². The number of nitrogens with zero attached hydrogens (tertiary/aromatic N) is 7. The number of hydroxylamine groups is 1. The van der Waals surface area contributed by atoms with Gasteiger partial charge in [-0.1, -0.05) is 54.6 Å². The summed E-state index contributed by atoms with van der Waals surface area (Å²) in [6, 6.07) is 18.7. The van der Waals surface area contributed by atoms with E-state index in [9.17, 15) is 38.4 Å². The number of hydrogen-bond donors (Lipinski definition) is 6. The van der Waals surface area contributed by atoms with Crippen molar-refractivity contribution in [2.24, 2.45) is 4.99 Å². The first-order chi connectivity index (χ1) is 33.9. The number of carbonyl (C=O) groups excluding carboxylic acids is 2. The van der Waals surface area contributed by atoms with Gasteiger partial charge in [0.05, 0.1) is 20.3 Å². The van der Waals surface area contributed by atoms with Crippen LogP contribution in [0, 0.1) is 11.6 Å². The van der Waals surface area contributed by atoms with Gasteiger partial charge in [-0.3, -0.25) is 24.8 Å². The summed E-state index contributed by atoms with van der Waals surface area (Å²) in [6.45, 7) is 1.41. The second kappa shape index (κ2) is 25.1. The number of amides is 2. The van der Waals surface area contributed by atoms with E-state index in [2.05, 4.69) is 73.3 Å².